The van der Waals surface area contributed by atoms with Crippen LogP contribution in [0.1, 0.15) is 23.4 Å². The van der Waals surface area contributed by atoms with Gasteiger partial charge in [0, 0.05) is 36.9 Å². The average molecular weight is 220 g/mol. The van der Waals surface area contributed by atoms with Crippen molar-refractivity contribution in [2.75, 3.05) is 0 Å². The zero-order valence-corrected chi connectivity index (χ0v) is 9.92. The van der Waals surface area contributed by atoms with Crippen LogP contribution in [0.5, 0.6) is 0 Å². The van der Waals surface area contributed by atoms with Crippen molar-refractivity contribution in [2.45, 2.75) is 19.5 Å². The van der Waals surface area contributed by atoms with Crippen LogP contribution in [0.25, 0.3) is 0 Å². The molecule has 2 nitrogen and oxygen atoms in total. The molecule has 0 spiro atoms. The molecule has 15 heavy (non-hydrogen) atoms. The van der Waals surface area contributed by atoms with Crippen LogP contribution in [-0.2, 0) is 13.6 Å². The molecule has 0 aliphatic carbocycles. The molecule has 80 valence electrons. The van der Waals surface area contributed by atoms with Crippen LogP contribution in [0.15, 0.2) is 36.0 Å². The van der Waals surface area contributed by atoms with Crippen LogP contribution in [0.4, 0.5) is 0 Å². The number of rotatable bonds is 4. The molecule has 2 heterocycles. The van der Waals surface area contributed by atoms with E-state index in [0.29, 0.717) is 6.04 Å². The summed E-state index contributed by atoms with van der Waals surface area (Å²) in [4.78, 5) is 1.39. The van der Waals surface area contributed by atoms with Crippen molar-refractivity contribution in [2.24, 2.45) is 7.05 Å². The molecule has 0 aliphatic heterocycles. The van der Waals surface area contributed by atoms with E-state index in [1.54, 1.807) is 11.3 Å². The van der Waals surface area contributed by atoms with Gasteiger partial charge in [-0.1, -0.05) is 6.07 Å². The second-order valence-corrected chi connectivity index (χ2v) is 4.78. The Balaban J connectivity index is 1.88. The summed E-state index contributed by atoms with van der Waals surface area (Å²) in [6.07, 6.45) is 4.22. The van der Waals surface area contributed by atoms with Crippen LogP contribution < -0.4 is 5.32 Å². The van der Waals surface area contributed by atoms with Gasteiger partial charge in [0.25, 0.3) is 0 Å². The van der Waals surface area contributed by atoms with Gasteiger partial charge in [-0.05, 0) is 30.0 Å². The Morgan fingerprint density at radius 2 is 2.33 bits per heavy atom. The van der Waals surface area contributed by atoms with Gasteiger partial charge in [-0.15, -0.1) is 11.3 Å². The van der Waals surface area contributed by atoms with Crippen molar-refractivity contribution in [3.63, 3.8) is 0 Å². The Morgan fingerprint density at radius 1 is 1.47 bits per heavy atom. The van der Waals surface area contributed by atoms with Crippen LogP contribution >= 0.6 is 11.3 Å². The van der Waals surface area contributed by atoms with E-state index in [1.165, 1.54) is 10.4 Å². The maximum absolute atomic E-state index is 3.51. The van der Waals surface area contributed by atoms with Crippen molar-refractivity contribution in [1.82, 2.24) is 9.88 Å². The monoisotopic (exact) mass is 220 g/mol. The molecule has 2 aromatic rings. The summed E-state index contributed by atoms with van der Waals surface area (Å²) >= 11 is 1.80. The van der Waals surface area contributed by atoms with E-state index in [0.717, 1.165) is 6.54 Å². The second-order valence-electron chi connectivity index (χ2n) is 3.80. The Morgan fingerprint density at radius 3 is 2.93 bits per heavy atom. The van der Waals surface area contributed by atoms with Gasteiger partial charge >= 0.3 is 0 Å². The van der Waals surface area contributed by atoms with Crippen molar-refractivity contribution in [1.29, 1.82) is 0 Å². The Labute approximate surface area is 94.6 Å². The molecule has 0 unspecified atom stereocenters. The zero-order valence-electron chi connectivity index (χ0n) is 9.10. The van der Waals surface area contributed by atoms with Gasteiger partial charge in [0.2, 0.25) is 0 Å². The lowest BCUT2D eigenvalue weighted by atomic mass is 10.2. The molecule has 1 N–H and O–H groups in total. The topological polar surface area (TPSA) is 17.0 Å². The summed E-state index contributed by atoms with van der Waals surface area (Å²) < 4.78 is 2.08. The van der Waals surface area contributed by atoms with E-state index < -0.39 is 0 Å². The number of nitrogens with zero attached hydrogens (tertiary/aromatic N) is 1. The predicted molar refractivity (Wildman–Crippen MR) is 65.0 cm³/mol. The van der Waals surface area contributed by atoms with Gasteiger partial charge in [0.15, 0.2) is 0 Å². The summed E-state index contributed by atoms with van der Waals surface area (Å²) in [5, 5.41) is 5.63. The number of aromatic nitrogens is 1. The van der Waals surface area contributed by atoms with E-state index in [9.17, 15) is 0 Å². The van der Waals surface area contributed by atoms with Crippen molar-refractivity contribution in [3.05, 3.63) is 46.4 Å². The minimum absolute atomic E-state index is 0.435. The summed E-state index contributed by atoms with van der Waals surface area (Å²) in [7, 11) is 2.05. The first-order valence-electron chi connectivity index (χ1n) is 5.13. The summed E-state index contributed by atoms with van der Waals surface area (Å²) in [5.41, 5.74) is 1.33. The number of aryl methyl sites for hydroxylation is 1. The van der Waals surface area contributed by atoms with Gasteiger partial charge in [0.1, 0.15) is 0 Å². The highest BCUT2D eigenvalue weighted by atomic mass is 32.1. The SMILES string of the molecule is C[C@@H](NCc1ccn(C)c1)c1cccs1. The van der Waals surface area contributed by atoms with Crippen molar-refractivity contribution < 1.29 is 0 Å². The van der Waals surface area contributed by atoms with E-state index >= 15 is 0 Å². The normalized spacial score (nSPS) is 12.9. The molecule has 0 bridgehead atoms. The average Bonchev–Trinajstić information content (AvgIpc) is 2.84. The van der Waals surface area contributed by atoms with Gasteiger partial charge in [-0.25, -0.2) is 0 Å². The molecule has 3 heteroatoms. The first kappa shape index (κ1) is 10.5. The van der Waals surface area contributed by atoms with Crippen molar-refractivity contribution >= 4 is 11.3 Å². The van der Waals surface area contributed by atoms with Crippen LogP contribution in [0.2, 0.25) is 0 Å². The highest BCUT2D eigenvalue weighted by Gasteiger charge is 2.05. The fourth-order valence-electron chi connectivity index (χ4n) is 1.57. The lowest BCUT2D eigenvalue weighted by Gasteiger charge is -2.10. The Kier molecular flexibility index (Phi) is 3.23. The molecule has 0 aromatic carbocycles. The number of hydrogen-bond donors (Lipinski definition) is 1. The molecule has 1 atom stereocenters. The lowest BCUT2D eigenvalue weighted by molar-refractivity contribution is 0.582. The van der Waals surface area contributed by atoms with E-state index in [4.69, 9.17) is 0 Å². The maximum Gasteiger partial charge on any atom is 0.0388 e. The predicted octanol–water partition coefficient (Wildman–Crippen LogP) is 2.94. The van der Waals surface area contributed by atoms with Gasteiger partial charge in [-0.3, -0.25) is 0 Å². The van der Waals surface area contributed by atoms with Crippen LogP contribution in [0.3, 0.4) is 0 Å². The standard InChI is InChI=1S/C12H16N2S/c1-10(12-4-3-7-15-12)13-8-11-5-6-14(2)9-11/h3-7,9-10,13H,8H2,1-2H3/t10-/m1/s1. The Bertz CT molecular complexity index is 403. The highest BCUT2D eigenvalue weighted by molar-refractivity contribution is 7.10. The van der Waals surface area contributed by atoms with Crippen LogP contribution in [0, 0.1) is 0 Å². The first-order valence-corrected chi connectivity index (χ1v) is 6.01. The molecule has 2 aromatic heterocycles. The van der Waals surface area contributed by atoms with E-state index in [-0.39, 0.29) is 0 Å². The first-order chi connectivity index (χ1) is 7.25. The molecular weight excluding hydrogens is 204 g/mol. The Hall–Kier alpha value is -1.06. The largest absolute Gasteiger partial charge is 0.357 e. The summed E-state index contributed by atoms with van der Waals surface area (Å²) in [5.74, 6) is 0. The van der Waals surface area contributed by atoms with Crippen LogP contribution in [-0.4, -0.2) is 4.57 Å². The fourth-order valence-corrected chi connectivity index (χ4v) is 2.33. The minimum atomic E-state index is 0.435. The number of thiophene rings is 1. The van der Waals surface area contributed by atoms with E-state index in [1.807, 2.05) is 7.05 Å². The summed E-state index contributed by atoms with van der Waals surface area (Å²) in [6, 6.07) is 6.85. The zero-order chi connectivity index (χ0) is 10.7. The quantitative estimate of drug-likeness (QED) is 0.838. The molecule has 0 amide bonds. The minimum Gasteiger partial charge on any atom is -0.357 e. The second kappa shape index (κ2) is 4.64. The third-order valence-electron chi connectivity index (χ3n) is 2.48. The number of hydrogen-bond acceptors (Lipinski definition) is 2. The smallest absolute Gasteiger partial charge is 0.0388 e. The highest BCUT2D eigenvalue weighted by Crippen LogP contribution is 2.18. The molecular formula is C12H16N2S. The van der Waals surface area contributed by atoms with Gasteiger partial charge in [0.05, 0.1) is 0 Å². The molecule has 0 radical (unpaired) electrons. The molecule has 0 saturated heterocycles. The van der Waals surface area contributed by atoms with Crippen molar-refractivity contribution in [3.8, 4) is 0 Å². The van der Waals surface area contributed by atoms with Gasteiger partial charge in [-0.2, -0.15) is 0 Å². The maximum atomic E-state index is 3.51. The molecule has 0 aliphatic rings. The third-order valence-corrected chi connectivity index (χ3v) is 3.53. The molecule has 2 rings (SSSR count). The van der Waals surface area contributed by atoms with Gasteiger partial charge < -0.3 is 9.88 Å². The number of nitrogens with one attached hydrogen (secondary N) is 1. The summed E-state index contributed by atoms with van der Waals surface area (Å²) in [6.45, 7) is 3.13. The third kappa shape index (κ3) is 2.70. The fraction of sp³-hybridized carbons (Fsp3) is 0.333. The molecule has 0 saturated carbocycles. The van der Waals surface area contributed by atoms with E-state index in [2.05, 4.69) is 52.8 Å². The molecule has 0 fully saturated rings. The lowest BCUT2D eigenvalue weighted by Crippen LogP contribution is -2.16.